The lowest BCUT2D eigenvalue weighted by atomic mass is 10.1. The van der Waals surface area contributed by atoms with Gasteiger partial charge in [-0.15, -0.1) is 0 Å². The predicted molar refractivity (Wildman–Crippen MR) is 75.7 cm³/mol. The quantitative estimate of drug-likeness (QED) is 0.569. The minimum atomic E-state index is -0.826. The molecule has 1 aromatic rings. The highest BCUT2D eigenvalue weighted by Crippen LogP contribution is 2.11. The van der Waals surface area contributed by atoms with Crippen LogP contribution in [-0.4, -0.2) is 24.6 Å². The largest absolute Gasteiger partial charge is 0.445 e. The Bertz CT molecular complexity index is 447. The molecule has 0 saturated carbocycles. The summed E-state index contributed by atoms with van der Waals surface area (Å²) in [7, 11) is 0. The van der Waals surface area contributed by atoms with Gasteiger partial charge in [0.05, 0.1) is 6.04 Å². The molecular formula is C13H20N4O3. The Morgan fingerprint density at radius 2 is 1.90 bits per heavy atom. The number of amides is 2. The summed E-state index contributed by atoms with van der Waals surface area (Å²) in [6.45, 7) is 0.606. The van der Waals surface area contributed by atoms with Gasteiger partial charge in [-0.25, -0.2) is 4.79 Å². The van der Waals surface area contributed by atoms with E-state index >= 15 is 0 Å². The maximum Gasteiger partial charge on any atom is 0.404 e. The molecule has 0 fully saturated rings. The fraction of sp³-hybridized carbons (Fsp3) is 0.385. The molecule has 0 heterocycles. The van der Waals surface area contributed by atoms with Gasteiger partial charge in [0.15, 0.2) is 0 Å². The van der Waals surface area contributed by atoms with Gasteiger partial charge in [0.1, 0.15) is 6.61 Å². The number of primary amides is 1. The van der Waals surface area contributed by atoms with E-state index < -0.39 is 12.1 Å². The summed E-state index contributed by atoms with van der Waals surface area (Å²) in [6.07, 6.45) is 0.429. The fourth-order valence-corrected chi connectivity index (χ4v) is 1.54. The summed E-state index contributed by atoms with van der Waals surface area (Å²) in [5, 5.41) is 2.71. The Balaban J connectivity index is 2.48. The lowest BCUT2D eigenvalue weighted by molar-refractivity contribution is -0.117. The zero-order valence-corrected chi connectivity index (χ0v) is 11.2. The minimum Gasteiger partial charge on any atom is -0.445 e. The Morgan fingerprint density at radius 3 is 2.45 bits per heavy atom. The van der Waals surface area contributed by atoms with Crippen molar-refractivity contribution in [1.82, 2.24) is 0 Å². The van der Waals surface area contributed by atoms with Crippen molar-refractivity contribution >= 4 is 17.7 Å². The van der Waals surface area contributed by atoms with Gasteiger partial charge in [0.2, 0.25) is 5.91 Å². The van der Waals surface area contributed by atoms with Gasteiger partial charge in [-0.3, -0.25) is 4.79 Å². The number of anilines is 1. The highest BCUT2D eigenvalue weighted by Gasteiger charge is 2.12. The molecule has 0 aliphatic heterocycles. The molecule has 2 amide bonds. The second-order valence-corrected chi connectivity index (χ2v) is 4.33. The van der Waals surface area contributed by atoms with E-state index in [9.17, 15) is 9.59 Å². The third-order valence-corrected chi connectivity index (χ3v) is 2.66. The van der Waals surface area contributed by atoms with Crippen molar-refractivity contribution in [3.63, 3.8) is 0 Å². The number of hydrogen-bond donors (Lipinski definition) is 4. The van der Waals surface area contributed by atoms with Crippen molar-refractivity contribution in [2.24, 2.45) is 17.2 Å². The monoisotopic (exact) mass is 280 g/mol. The summed E-state index contributed by atoms with van der Waals surface area (Å²) in [4.78, 5) is 22.2. The molecule has 110 valence electrons. The van der Waals surface area contributed by atoms with E-state index in [-0.39, 0.29) is 12.5 Å². The van der Waals surface area contributed by atoms with Gasteiger partial charge in [0.25, 0.3) is 0 Å². The van der Waals surface area contributed by atoms with Crippen LogP contribution < -0.4 is 22.5 Å². The number of nitrogens with one attached hydrogen (secondary N) is 1. The fourth-order valence-electron chi connectivity index (χ4n) is 1.54. The topological polar surface area (TPSA) is 133 Å². The molecule has 0 saturated heterocycles. The summed E-state index contributed by atoms with van der Waals surface area (Å²) in [6, 6.07) is 6.28. The third-order valence-electron chi connectivity index (χ3n) is 2.66. The van der Waals surface area contributed by atoms with Crippen molar-refractivity contribution in [1.29, 1.82) is 0 Å². The van der Waals surface area contributed by atoms with Crippen LogP contribution in [0.3, 0.4) is 0 Å². The number of nitrogens with two attached hydrogens (primary N) is 3. The molecule has 7 N–H and O–H groups in total. The summed E-state index contributed by atoms with van der Waals surface area (Å²) in [5.74, 6) is -0.250. The highest BCUT2D eigenvalue weighted by molar-refractivity contribution is 5.94. The Hall–Kier alpha value is -2.12. The molecule has 0 spiro atoms. The minimum absolute atomic E-state index is 0.0968. The molecule has 1 aromatic carbocycles. The number of ether oxygens (including phenoxy) is 1. The zero-order chi connectivity index (χ0) is 15.0. The second-order valence-electron chi connectivity index (χ2n) is 4.33. The molecule has 0 aliphatic carbocycles. The molecule has 7 heteroatoms. The van der Waals surface area contributed by atoms with Crippen LogP contribution >= 0.6 is 0 Å². The van der Waals surface area contributed by atoms with E-state index in [1.807, 2.05) is 0 Å². The summed E-state index contributed by atoms with van der Waals surface area (Å²) >= 11 is 0. The van der Waals surface area contributed by atoms with Gasteiger partial charge >= 0.3 is 6.09 Å². The van der Waals surface area contributed by atoms with E-state index in [1.165, 1.54) is 0 Å². The molecular weight excluding hydrogens is 260 g/mol. The second kappa shape index (κ2) is 8.13. The number of rotatable bonds is 7. The van der Waals surface area contributed by atoms with Crippen LogP contribution in [0.25, 0.3) is 0 Å². The normalized spacial score (nSPS) is 11.7. The average molecular weight is 280 g/mol. The van der Waals surface area contributed by atoms with Crippen LogP contribution in [0.4, 0.5) is 10.5 Å². The molecule has 1 atom stereocenters. The van der Waals surface area contributed by atoms with Crippen molar-refractivity contribution in [3.8, 4) is 0 Å². The van der Waals surface area contributed by atoms with Gasteiger partial charge in [-0.2, -0.15) is 0 Å². The zero-order valence-electron chi connectivity index (χ0n) is 11.2. The molecule has 0 bridgehead atoms. The van der Waals surface area contributed by atoms with Gasteiger partial charge in [-0.05, 0) is 37.1 Å². The number of carbonyl (C=O) groups excluding carboxylic acids is 2. The number of carbonyl (C=O) groups is 2. The predicted octanol–water partition coefficient (Wildman–Crippen LogP) is 0.287. The van der Waals surface area contributed by atoms with E-state index in [1.54, 1.807) is 24.3 Å². The van der Waals surface area contributed by atoms with Crippen molar-refractivity contribution in [2.45, 2.75) is 25.5 Å². The van der Waals surface area contributed by atoms with Crippen LogP contribution in [-0.2, 0) is 16.1 Å². The molecule has 0 aromatic heterocycles. The third kappa shape index (κ3) is 5.68. The maximum absolute atomic E-state index is 11.8. The number of hydrogen-bond acceptors (Lipinski definition) is 5. The van der Waals surface area contributed by atoms with E-state index in [4.69, 9.17) is 17.2 Å². The van der Waals surface area contributed by atoms with Crippen LogP contribution in [0, 0.1) is 0 Å². The molecule has 20 heavy (non-hydrogen) atoms. The van der Waals surface area contributed by atoms with E-state index in [0.29, 0.717) is 25.1 Å². The van der Waals surface area contributed by atoms with Gasteiger partial charge in [-0.1, -0.05) is 12.1 Å². The first-order chi connectivity index (χ1) is 9.52. The Kier molecular flexibility index (Phi) is 6.48. The van der Waals surface area contributed by atoms with E-state index in [0.717, 1.165) is 5.56 Å². The highest BCUT2D eigenvalue weighted by atomic mass is 16.5. The molecule has 0 radical (unpaired) electrons. The lowest BCUT2D eigenvalue weighted by Crippen LogP contribution is -2.35. The SMILES string of the molecule is NCCCC(N)C(=O)Nc1ccc(COC(N)=O)cc1. The van der Waals surface area contributed by atoms with Crippen molar-refractivity contribution < 1.29 is 14.3 Å². The molecule has 1 unspecified atom stereocenters. The van der Waals surface area contributed by atoms with Crippen LogP contribution in [0.1, 0.15) is 18.4 Å². The molecule has 1 rings (SSSR count). The Labute approximate surface area is 117 Å². The standard InChI is InChI=1S/C13H20N4O3/c14-7-1-2-11(15)12(18)17-10-5-3-9(4-6-10)8-20-13(16)19/h3-6,11H,1-2,7-8,14-15H2,(H2,16,19)(H,17,18). The molecule has 0 aliphatic rings. The summed E-state index contributed by atoms with van der Waals surface area (Å²) < 4.78 is 4.65. The molecule has 7 nitrogen and oxygen atoms in total. The maximum atomic E-state index is 11.8. The first-order valence-corrected chi connectivity index (χ1v) is 6.30. The Morgan fingerprint density at radius 1 is 1.25 bits per heavy atom. The van der Waals surface area contributed by atoms with Gasteiger partial charge in [0, 0.05) is 5.69 Å². The first-order valence-electron chi connectivity index (χ1n) is 6.30. The van der Waals surface area contributed by atoms with Crippen molar-refractivity contribution in [3.05, 3.63) is 29.8 Å². The smallest absolute Gasteiger partial charge is 0.404 e. The lowest BCUT2D eigenvalue weighted by Gasteiger charge is -2.12. The first kappa shape index (κ1) is 15.9. The van der Waals surface area contributed by atoms with Crippen LogP contribution in [0.2, 0.25) is 0 Å². The average Bonchev–Trinajstić information content (AvgIpc) is 2.43. The van der Waals surface area contributed by atoms with Gasteiger partial charge < -0.3 is 27.3 Å². The summed E-state index contributed by atoms with van der Waals surface area (Å²) in [5.41, 5.74) is 17.4. The van der Waals surface area contributed by atoms with E-state index in [2.05, 4.69) is 10.1 Å². The van der Waals surface area contributed by atoms with Crippen LogP contribution in [0.15, 0.2) is 24.3 Å². The number of benzene rings is 1. The van der Waals surface area contributed by atoms with Crippen molar-refractivity contribution in [2.75, 3.05) is 11.9 Å². The van der Waals surface area contributed by atoms with Crippen LogP contribution in [0.5, 0.6) is 0 Å².